The number of nitrogens with zero attached hydrogens (tertiary/aromatic N) is 3. The van der Waals surface area contributed by atoms with Crippen LogP contribution in [0.4, 0.5) is 5.69 Å². The van der Waals surface area contributed by atoms with Gasteiger partial charge in [-0.3, -0.25) is 0 Å². The van der Waals surface area contributed by atoms with Crippen molar-refractivity contribution in [1.29, 1.82) is 0 Å². The SMILES string of the molecule is CCN(CC)S(=O)(=O)c1ccc(NCc2nc(-c3ccc(C)cc3)no2)cc1. The Labute approximate surface area is 165 Å². The lowest BCUT2D eigenvalue weighted by atomic mass is 10.1. The molecule has 0 aliphatic rings. The van der Waals surface area contributed by atoms with Gasteiger partial charge in [0.1, 0.15) is 0 Å². The molecule has 0 unspecified atom stereocenters. The van der Waals surface area contributed by atoms with E-state index in [0.29, 0.717) is 31.3 Å². The van der Waals surface area contributed by atoms with Gasteiger partial charge in [0.2, 0.25) is 21.7 Å². The molecule has 0 bridgehead atoms. The predicted molar refractivity (Wildman–Crippen MR) is 108 cm³/mol. The average molecular weight is 401 g/mol. The van der Waals surface area contributed by atoms with Crippen molar-refractivity contribution in [3.63, 3.8) is 0 Å². The van der Waals surface area contributed by atoms with Crippen LogP contribution in [0.1, 0.15) is 25.3 Å². The highest BCUT2D eigenvalue weighted by Crippen LogP contribution is 2.20. The molecule has 1 heterocycles. The molecule has 28 heavy (non-hydrogen) atoms. The minimum atomic E-state index is -3.45. The van der Waals surface area contributed by atoms with Crippen molar-refractivity contribution in [1.82, 2.24) is 14.4 Å². The molecule has 3 rings (SSSR count). The van der Waals surface area contributed by atoms with Crippen LogP contribution >= 0.6 is 0 Å². The Morgan fingerprint density at radius 3 is 2.25 bits per heavy atom. The summed E-state index contributed by atoms with van der Waals surface area (Å²) in [5.74, 6) is 0.993. The van der Waals surface area contributed by atoms with Gasteiger partial charge in [-0.2, -0.15) is 9.29 Å². The molecule has 3 aromatic rings. The summed E-state index contributed by atoms with van der Waals surface area (Å²) in [7, 11) is -3.45. The minimum absolute atomic E-state index is 0.279. The van der Waals surface area contributed by atoms with Gasteiger partial charge < -0.3 is 9.84 Å². The van der Waals surface area contributed by atoms with Crippen molar-refractivity contribution >= 4 is 15.7 Å². The zero-order valence-electron chi connectivity index (χ0n) is 16.2. The van der Waals surface area contributed by atoms with Gasteiger partial charge in [0.25, 0.3) is 0 Å². The molecule has 0 fully saturated rings. The fourth-order valence-corrected chi connectivity index (χ4v) is 4.24. The predicted octanol–water partition coefficient (Wildman–Crippen LogP) is 3.69. The lowest BCUT2D eigenvalue weighted by Crippen LogP contribution is -2.30. The minimum Gasteiger partial charge on any atom is -0.376 e. The molecule has 0 spiro atoms. The fourth-order valence-electron chi connectivity index (χ4n) is 2.78. The van der Waals surface area contributed by atoms with Crippen LogP contribution in [-0.2, 0) is 16.6 Å². The van der Waals surface area contributed by atoms with Gasteiger partial charge in [-0.05, 0) is 31.2 Å². The lowest BCUT2D eigenvalue weighted by Gasteiger charge is -2.18. The molecule has 0 aliphatic heterocycles. The Bertz CT molecular complexity index is 1010. The van der Waals surface area contributed by atoms with E-state index in [1.54, 1.807) is 24.3 Å². The average Bonchev–Trinajstić information content (AvgIpc) is 3.17. The molecular formula is C20H24N4O3S. The fraction of sp³-hybridized carbons (Fsp3) is 0.300. The van der Waals surface area contributed by atoms with Crippen LogP contribution in [0.15, 0.2) is 57.9 Å². The summed E-state index contributed by atoms with van der Waals surface area (Å²) in [6.45, 7) is 6.91. The van der Waals surface area contributed by atoms with Crippen LogP contribution in [0.25, 0.3) is 11.4 Å². The first kappa shape index (κ1) is 20.0. The number of hydrogen-bond acceptors (Lipinski definition) is 6. The summed E-state index contributed by atoms with van der Waals surface area (Å²) in [6.07, 6.45) is 0. The Kier molecular flexibility index (Phi) is 6.11. The number of sulfonamides is 1. The first-order valence-corrected chi connectivity index (χ1v) is 10.6. The van der Waals surface area contributed by atoms with Crippen molar-refractivity contribution in [2.24, 2.45) is 0 Å². The maximum Gasteiger partial charge on any atom is 0.246 e. The molecule has 0 aliphatic carbocycles. The van der Waals surface area contributed by atoms with Crippen molar-refractivity contribution in [3.05, 3.63) is 60.0 Å². The van der Waals surface area contributed by atoms with Gasteiger partial charge in [-0.1, -0.05) is 48.8 Å². The number of anilines is 1. The molecule has 148 valence electrons. The largest absolute Gasteiger partial charge is 0.376 e. The van der Waals surface area contributed by atoms with Crippen molar-refractivity contribution in [2.75, 3.05) is 18.4 Å². The molecule has 8 heteroatoms. The maximum atomic E-state index is 12.5. The zero-order valence-corrected chi connectivity index (χ0v) is 17.0. The van der Waals surface area contributed by atoms with Crippen LogP contribution in [0.5, 0.6) is 0 Å². The topological polar surface area (TPSA) is 88.3 Å². The molecule has 0 saturated carbocycles. The van der Waals surface area contributed by atoms with E-state index >= 15 is 0 Å². The Morgan fingerprint density at radius 1 is 1.00 bits per heavy atom. The molecule has 1 aromatic heterocycles. The summed E-state index contributed by atoms with van der Waals surface area (Å²) < 4.78 is 31.7. The third-order valence-corrected chi connectivity index (χ3v) is 6.48. The van der Waals surface area contributed by atoms with E-state index < -0.39 is 10.0 Å². The summed E-state index contributed by atoms with van der Waals surface area (Å²) in [5, 5.41) is 7.17. The number of hydrogen-bond donors (Lipinski definition) is 1. The summed E-state index contributed by atoms with van der Waals surface area (Å²) in [6, 6.07) is 14.6. The van der Waals surface area contributed by atoms with Gasteiger partial charge in [0.05, 0.1) is 11.4 Å². The van der Waals surface area contributed by atoms with Gasteiger partial charge in [0.15, 0.2) is 0 Å². The van der Waals surface area contributed by atoms with Gasteiger partial charge in [0, 0.05) is 24.3 Å². The molecule has 2 aromatic carbocycles. The summed E-state index contributed by atoms with van der Waals surface area (Å²) in [4.78, 5) is 4.66. The second kappa shape index (κ2) is 8.53. The van der Waals surface area contributed by atoms with Crippen molar-refractivity contribution in [3.8, 4) is 11.4 Å². The summed E-state index contributed by atoms with van der Waals surface area (Å²) in [5.41, 5.74) is 2.83. The van der Waals surface area contributed by atoms with Crippen LogP contribution in [0.3, 0.4) is 0 Å². The highest BCUT2D eigenvalue weighted by Gasteiger charge is 2.21. The number of rotatable bonds is 8. The third kappa shape index (κ3) is 4.40. The molecule has 1 N–H and O–H groups in total. The smallest absolute Gasteiger partial charge is 0.246 e. The van der Waals surface area contributed by atoms with Crippen LogP contribution < -0.4 is 5.32 Å². The van der Waals surface area contributed by atoms with Crippen LogP contribution in [-0.4, -0.2) is 36.0 Å². The Morgan fingerprint density at radius 2 is 1.64 bits per heavy atom. The lowest BCUT2D eigenvalue weighted by molar-refractivity contribution is 0.384. The van der Waals surface area contributed by atoms with E-state index in [0.717, 1.165) is 11.3 Å². The van der Waals surface area contributed by atoms with Crippen molar-refractivity contribution < 1.29 is 12.9 Å². The standard InChI is InChI=1S/C20H24N4O3S/c1-4-24(5-2)28(25,26)18-12-10-17(11-13-18)21-14-19-22-20(23-27-19)16-8-6-15(3)7-9-16/h6-13,21H,4-5,14H2,1-3H3. The van der Waals surface area contributed by atoms with E-state index in [1.165, 1.54) is 9.87 Å². The van der Waals surface area contributed by atoms with E-state index in [-0.39, 0.29) is 4.90 Å². The highest BCUT2D eigenvalue weighted by atomic mass is 32.2. The molecular weight excluding hydrogens is 376 g/mol. The van der Waals surface area contributed by atoms with Crippen molar-refractivity contribution in [2.45, 2.75) is 32.2 Å². The third-order valence-electron chi connectivity index (χ3n) is 4.42. The number of benzene rings is 2. The van der Waals surface area contributed by atoms with E-state index in [2.05, 4.69) is 15.5 Å². The quantitative estimate of drug-likeness (QED) is 0.620. The molecule has 0 radical (unpaired) electrons. The number of aryl methyl sites for hydroxylation is 1. The molecule has 0 atom stereocenters. The van der Waals surface area contributed by atoms with Gasteiger partial charge in [-0.15, -0.1) is 0 Å². The normalized spacial score (nSPS) is 11.7. The van der Waals surface area contributed by atoms with Crippen LogP contribution in [0, 0.1) is 6.92 Å². The Hall–Kier alpha value is -2.71. The second-order valence-corrected chi connectivity index (χ2v) is 8.28. The first-order chi connectivity index (χ1) is 13.4. The highest BCUT2D eigenvalue weighted by molar-refractivity contribution is 7.89. The number of nitrogens with one attached hydrogen (secondary N) is 1. The Balaban J connectivity index is 1.65. The first-order valence-electron chi connectivity index (χ1n) is 9.17. The molecule has 0 saturated heterocycles. The van der Waals surface area contributed by atoms with Gasteiger partial charge in [-0.25, -0.2) is 8.42 Å². The summed E-state index contributed by atoms with van der Waals surface area (Å²) >= 11 is 0. The van der Waals surface area contributed by atoms with E-state index in [1.807, 2.05) is 45.0 Å². The molecule has 7 nitrogen and oxygen atoms in total. The van der Waals surface area contributed by atoms with Gasteiger partial charge >= 0.3 is 0 Å². The zero-order chi connectivity index (χ0) is 20.1. The monoisotopic (exact) mass is 400 g/mol. The van der Waals surface area contributed by atoms with E-state index in [4.69, 9.17) is 4.52 Å². The number of aromatic nitrogens is 2. The van der Waals surface area contributed by atoms with E-state index in [9.17, 15) is 8.42 Å². The second-order valence-electron chi connectivity index (χ2n) is 6.35. The van der Waals surface area contributed by atoms with Crippen LogP contribution in [0.2, 0.25) is 0 Å². The maximum absolute atomic E-state index is 12.5. The molecule has 0 amide bonds.